The lowest BCUT2D eigenvalue weighted by atomic mass is 10.1. The standard InChI is InChI=1S/C13H28N2O/c1-4-12(14-2)6-5-9-15(10-11-16-3)13-7-8-13/h12-14H,4-11H2,1-3H3. The third-order valence-corrected chi connectivity index (χ3v) is 3.54. The largest absolute Gasteiger partial charge is 0.383 e. The van der Waals surface area contributed by atoms with E-state index in [1.54, 1.807) is 7.11 Å². The van der Waals surface area contributed by atoms with Gasteiger partial charge in [-0.25, -0.2) is 0 Å². The number of hydrogen-bond acceptors (Lipinski definition) is 3. The predicted molar refractivity (Wildman–Crippen MR) is 68.8 cm³/mol. The van der Waals surface area contributed by atoms with Crippen molar-refractivity contribution in [1.29, 1.82) is 0 Å². The summed E-state index contributed by atoms with van der Waals surface area (Å²) in [5.74, 6) is 0. The van der Waals surface area contributed by atoms with Gasteiger partial charge in [0.2, 0.25) is 0 Å². The minimum Gasteiger partial charge on any atom is -0.383 e. The molecule has 3 nitrogen and oxygen atoms in total. The molecule has 0 spiro atoms. The number of ether oxygens (including phenoxy) is 1. The molecule has 1 aliphatic carbocycles. The lowest BCUT2D eigenvalue weighted by molar-refractivity contribution is 0.141. The summed E-state index contributed by atoms with van der Waals surface area (Å²) in [6.07, 6.45) is 6.63. The first-order chi connectivity index (χ1) is 7.81. The molecule has 0 aliphatic heterocycles. The van der Waals surface area contributed by atoms with Crippen molar-refractivity contribution in [2.24, 2.45) is 0 Å². The summed E-state index contributed by atoms with van der Waals surface area (Å²) in [4.78, 5) is 2.60. The Bertz CT molecular complexity index is 167. The molecule has 1 rings (SSSR count). The van der Waals surface area contributed by atoms with E-state index in [1.165, 1.54) is 38.6 Å². The molecule has 96 valence electrons. The van der Waals surface area contributed by atoms with Crippen LogP contribution in [0.15, 0.2) is 0 Å². The van der Waals surface area contributed by atoms with Gasteiger partial charge in [0.15, 0.2) is 0 Å². The molecule has 16 heavy (non-hydrogen) atoms. The number of hydrogen-bond donors (Lipinski definition) is 1. The smallest absolute Gasteiger partial charge is 0.0589 e. The maximum Gasteiger partial charge on any atom is 0.0589 e. The molecule has 1 aliphatic rings. The van der Waals surface area contributed by atoms with Crippen LogP contribution in [0.2, 0.25) is 0 Å². The Balaban J connectivity index is 2.11. The van der Waals surface area contributed by atoms with Gasteiger partial charge in [0.25, 0.3) is 0 Å². The van der Waals surface area contributed by atoms with Crippen LogP contribution in [0, 0.1) is 0 Å². The Kier molecular flexibility index (Phi) is 7.01. The molecule has 0 aromatic heterocycles. The highest BCUT2D eigenvalue weighted by Gasteiger charge is 2.28. The number of rotatable bonds is 10. The maximum absolute atomic E-state index is 5.17. The number of nitrogens with one attached hydrogen (secondary N) is 1. The first-order valence-electron chi connectivity index (χ1n) is 6.72. The van der Waals surface area contributed by atoms with Crippen molar-refractivity contribution < 1.29 is 4.74 Å². The zero-order valence-electron chi connectivity index (χ0n) is 11.2. The van der Waals surface area contributed by atoms with E-state index in [4.69, 9.17) is 4.74 Å². The average molecular weight is 228 g/mol. The van der Waals surface area contributed by atoms with Crippen molar-refractivity contribution in [2.45, 2.75) is 51.1 Å². The molecule has 0 heterocycles. The van der Waals surface area contributed by atoms with Gasteiger partial charge in [0, 0.05) is 25.7 Å². The van der Waals surface area contributed by atoms with Crippen LogP contribution >= 0.6 is 0 Å². The summed E-state index contributed by atoms with van der Waals surface area (Å²) in [6, 6.07) is 1.56. The SMILES string of the molecule is CCC(CCCN(CCOC)C1CC1)NC. The summed E-state index contributed by atoms with van der Waals surface area (Å²) < 4.78 is 5.17. The quantitative estimate of drug-likeness (QED) is 0.618. The normalized spacial score (nSPS) is 18.0. The number of nitrogens with zero attached hydrogens (tertiary/aromatic N) is 1. The fraction of sp³-hybridized carbons (Fsp3) is 1.00. The third-order valence-electron chi connectivity index (χ3n) is 3.54. The number of methoxy groups -OCH3 is 1. The predicted octanol–water partition coefficient (Wildman–Crippen LogP) is 1.88. The van der Waals surface area contributed by atoms with E-state index >= 15 is 0 Å². The molecule has 1 saturated carbocycles. The summed E-state index contributed by atoms with van der Waals surface area (Å²) >= 11 is 0. The Morgan fingerprint density at radius 2 is 2.12 bits per heavy atom. The molecular formula is C13H28N2O. The van der Waals surface area contributed by atoms with E-state index in [-0.39, 0.29) is 0 Å². The first kappa shape index (κ1) is 13.9. The molecular weight excluding hydrogens is 200 g/mol. The Morgan fingerprint density at radius 1 is 1.38 bits per heavy atom. The highest BCUT2D eigenvalue weighted by molar-refractivity contribution is 4.84. The van der Waals surface area contributed by atoms with Crippen molar-refractivity contribution in [3.8, 4) is 0 Å². The third kappa shape index (κ3) is 5.28. The van der Waals surface area contributed by atoms with Crippen LogP contribution in [0.25, 0.3) is 0 Å². The molecule has 1 unspecified atom stereocenters. The topological polar surface area (TPSA) is 24.5 Å². The average Bonchev–Trinajstić information content (AvgIpc) is 3.12. The van der Waals surface area contributed by atoms with Gasteiger partial charge < -0.3 is 10.1 Å². The molecule has 0 radical (unpaired) electrons. The second-order valence-electron chi connectivity index (χ2n) is 4.80. The van der Waals surface area contributed by atoms with Gasteiger partial charge in [-0.3, -0.25) is 4.90 Å². The van der Waals surface area contributed by atoms with Gasteiger partial charge in [0.1, 0.15) is 0 Å². The van der Waals surface area contributed by atoms with Crippen LogP contribution in [0.3, 0.4) is 0 Å². The van der Waals surface area contributed by atoms with Crippen LogP contribution in [-0.2, 0) is 4.74 Å². The molecule has 0 aromatic carbocycles. The lowest BCUT2D eigenvalue weighted by Gasteiger charge is -2.22. The molecule has 1 N–H and O–H groups in total. The first-order valence-corrected chi connectivity index (χ1v) is 6.72. The van der Waals surface area contributed by atoms with Gasteiger partial charge in [-0.1, -0.05) is 6.92 Å². The van der Waals surface area contributed by atoms with Gasteiger partial charge in [-0.15, -0.1) is 0 Å². The van der Waals surface area contributed by atoms with E-state index in [2.05, 4.69) is 24.2 Å². The van der Waals surface area contributed by atoms with Crippen molar-refractivity contribution in [2.75, 3.05) is 33.9 Å². The second kappa shape index (κ2) is 8.04. The molecule has 0 amide bonds. The van der Waals surface area contributed by atoms with Gasteiger partial charge in [-0.2, -0.15) is 0 Å². The van der Waals surface area contributed by atoms with E-state index in [0.29, 0.717) is 6.04 Å². The zero-order valence-corrected chi connectivity index (χ0v) is 11.2. The maximum atomic E-state index is 5.17. The van der Waals surface area contributed by atoms with Gasteiger partial charge in [-0.05, 0) is 45.7 Å². The van der Waals surface area contributed by atoms with Crippen molar-refractivity contribution >= 4 is 0 Å². The monoisotopic (exact) mass is 228 g/mol. The fourth-order valence-corrected chi connectivity index (χ4v) is 2.22. The minimum absolute atomic E-state index is 0.698. The Morgan fingerprint density at radius 3 is 2.62 bits per heavy atom. The second-order valence-corrected chi connectivity index (χ2v) is 4.80. The minimum atomic E-state index is 0.698. The molecule has 0 aromatic rings. The fourth-order valence-electron chi connectivity index (χ4n) is 2.22. The van der Waals surface area contributed by atoms with E-state index in [0.717, 1.165) is 19.2 Å². The van der Waals surface area contributed by atoms with Crippen LogP contribution in [-0.4, -0.2) is 50.8 Å². The Labute approximate surface area is 101 Å². The highest BCUT2D eigenvalue weighted by atomic mass is 16.5. The summed E-state index contributed by atoms with van der Waals surface area (Å²) in [6.45, 7) is 5.48. The van der Waals surface area contributed by atoms with E-state index in [9.17, 15) is 0 Å². The van der Waals surface area contributed by atoms with Crippen LogP contribution in [0.5, 0.6) is 0 Å². The Hall–Kier alpha value is -0.120. The highest BCUT2D eigenvalue weighted by Crippen LogP contribution is 2.26. The summed E-state index contributed by atoms with van der Waals surface area (Å²) in [5.41, 5.74) is 0. The van der Waals surface area contributed by atoms with Crippen molar-refractivity contribution in [3.05, 3.63) is 0 Å². The lowest BCUT2D eigenvalue weighted by Crippen LogP contribution is -2.32. The summed E-state index contributed by atoms with van der Waals surface area (Å²) in [5, 5.41) is 3.37. The van der Waals surface area contributed by atoms with Crippen molar-refractivity contribution in [1.82, 2.24) is 10.2 Å². The van der Waals surface area contributed by atoms with E-state index in [1.807, 2.05) is 0 Å². The van der Waals surface area contributed by atoms with Crippen LogP contribution in [0.1, 0.15) is 39.0 Å². The van der Waals surface area contributed by atoms with Crippen LogP contribution < -0.4 is 5.32 Å². The van der Waals surface area contributed by atoms with Crippen LogP contribution in [0.4, 0.5) is 0 Å². The summed E-state index contributed by atoms with van der Waals surface area (Å²) in [7, 11) is 3.86. The van der Waals surface area contributed by atoms with Gasteiger partial charge in [0.05, 0.1) is 6.61 Å². The van der Waals surface area contributed by atoms with Crippen molar-refractivity contribution in [3.63, 3.8) is 0 Å². The zero-order chi connectivity index (χ0) is 11.8. The van der Waals surface area contributed by atoms with Gasteiger partial charge >= 0.3 is 0 Å². The molecule has 0 saturated heterocycles. The molecule has 1 atom stereocenters. The molecule has 1 fully saturated rings. The van der Waals surface area contributed by atoms with E-state index < -0.39 is 0 Å². The molecule has 3 heteroatoms. The molecule has 0 bridgehead atoms.